The fourth-order valence-electron chi connectivity index (χ4n) is 1.82. The van der Waals surface area contributed by atoms with Gasteiger partial charge in [0.1, 0.15) is 5.82 Å². The SMILES string of the molecule is Fc1ccc(N=Cc2ccc3ccccc3n2)cc1. The Balaban J connectivity index is 1.90. The van der Waals surface area contributed by atoms with Crippen LogP contribution >= 0.6 is 0 Å². The molecule has 0 spiro atoms. The first kappa shape index (κ1) is 11.5. The van der Waals surface area contributed by atoms with Crippen LogP contribution in [0.25, 0.3) is 10.9 Å². The molecule has 92 valence electrons. The molecule has 0 unspecified atom stereocenters. The largest absolute Gasteiger partial charge is 0.255 e. The van der Waals surface area contributed by atoms with E-state index in [-0.39, 0.29) is 5.82 Å². The highest BCUT2D eigenvalue weighted by molar-refractivity contribution is 5.86. The predicted octanol–water partition coefficient (Wildman–Crippen LogP) is 4.12. The van der Waals surface area contributed by atoms with E-state index in [2.05, 4.69) is 9.98 Å². The summed E-state index contributed by atoms with van der Waals surface area (Å²) >= 11 is 0. The summed E-state index contributed by atoms with van der Waals surface area (Å²) in [6.45, 7) is 0. The average molecular weight is 250 g/mol. The summed E-state index contributed by atoms with van der Waals surface area (Å²) in [4.78, 5) is 8.75. The summed E-state index contributed by atoms with van der Waals surface area (Å²) in [7, 11) is 0. The van der Waals surface area contributed by atoms with Crippen molar-refractivity contribution in [3.8, 4) is 0 Å². The van der Waals surface area contributed by atoms with E-state index in [0.29, 0.717) is 5.69 Å². The predicted molar refractivity (Wildman–Crippen MR) is 75.4 cm³/mol. The highest BCUT2D eigenvalue weighted by Crippen LogP contribution is 2.14. The van der Waals surface area contributed by atoms with E-state index in [9.17, 15) is 4.39 Å². The molecule has 3 aromatic rings. The maximum Gasteiger partial charge on any atom is 0.123 e. The molecule has 0 fully saturated rings. The van der Waals surface area contributed by atoms with Gasteiger partial charge in [0.15, 0.2) is 0 Å². The third-order valence-corrected chi connectivity index (χ3v) is 2.79. The summed E-state index contributed by atoms with van der Waals surface area (Å²) in [6, 6.07) is 17.9. The fourth-order valence-corrected chi connectivity index (χ4v) is 1.82. The van der Waals surface area contributed by atoms with Crippen LogP contribution in [0.2, 0.25) is 0 Å². The highest BCUT2D eigenvalue weighted by Gasteiger charge is 1.95. The van der Waals surface area contributed by atoms with Crippen LogP contribution in [-0.4, -0.2) is 11.2 Å². The first-order valence-corrected chi connectivity index (χ1v) is 5.97. The van der Waals surface area contributed by atoms with Gasteiger partial charge in [0.05, 0.1) is 23.1 Å². The lowest BCUT2D eigenvalue weighted by Crippen LogP contribution is -1.87. The first-order valence-electron chi connectivity index (χ1n) is 5.97. The molecule has 0 saturated carbocycles. The number of rotatable bonds is 2. The zero-order valence-corrected chi connectivity index (χ0v) is 10.1. The van der Waals surface area contributed by atoms with E-state index >= 15 is 0 Å². The summed E-state index contributed by atoms with van der Waals surface area (Å²) < 4.78 is 12.8. The van der Waals surface area contributed by atoms with Gasteiger partial charge in [0.2, 0.25) is 0 Å². The fraction of sp³-hybridized carbons (Fsp3) is 0. The Labute approximate surface area is 110 Å². The van der Waals surface area contributed by atoms with Crippen LogP contribution in [0.15, 0.2) is 65.7 Å². The van der Waals surface area contributed by atoms with Crippen molar-refractivity contribution in [3.05, 3.63) is 72.2 Å². The molecular weight excluding hydrogens is 239 g/mol. The molecule has 1 heterocycles. The summed E-state index contributed by atoms with van der Waals surface area (Å²) in [5.41, 5.74) is 2.42. The van der Waals surface area contributed by atoms with E-state index in [1.165, 1.54) is 12.1 Å². The Morgan fingerprint density at radius 3 is 2.53 bits per heavy atom. The maximum absolute atomic E-state index is 12.8. The average Bonchev–Trinajstić information content (AvgIpc) is 2.46. The number of fused-ring (bicyclic) bond motifs is 1. The van der Waals surface area contributed by atoms with Crippen molar-refractivity contribution in [1.29, 1.82) is 0 Å². The van der Waals surface area contributed by atoms with Gasteiger partial charge < -0.3 is 0 Å². The van der Waals surface area contributed by atoms with Crippen molar-refractivity contribution >= 4 is 22.8 Å². The van der Waals surface area contributed by atoms with Crippen molar-refractivity contribution < 1.29 is 4.39 Å². The van der Waals surface area contributed by atoms with Gasteiger partial charge in [-0.25, -0.2) is 9.37 Å². The zero-order chi connectivity index (χ0) is 13.1. The summed E-state index contributed by atoms with van der Waals surface area (Å²) in [5.74, 6) is -0.261. The molecule has 0 aliphatic heterocycles. The summed E-state index contributed by atoms with van der Waals surface area (Å²) in [6.07, 6.45) is 1.68. The van der Waals surface area contributed by atoms with Crippen LogP contribution in [0.5, 0.6) is 0 Å². The number of para-hydroxylation sites is 1. The van der Waals surface area contributed by atoms with Gasteiger partial charge in [-0.15, -0.1) is 0 Å². The third-order valence-electron chi connectivity index (χ3n) is 2.79. The van der Waals surface area contributed by atoms with Crippen LogP contribution < -0.4 is 0 Å². The summed E-state index contributed by atoms with van der Waals surface area (Å²) in [5, 5.41) is 1.10. The topological polar surface area (TPSA) is 25.2 Å². The molecule has 0 aliphatic carbocycles. The number of halogens is 1. The van der Waals surface area contributed by atoms with Crippen molar-refractivity contribution in [2.24, 2.45) is 4.99 Å². The van der Waals surface area contributed by atoms with E-state index in [0.717, 1.165) is 16.6 Å². The minimum absolute atomic E-state index is 0.261. The quantitative estimate of drug-likeness (QED) is 0.628. The molecule has 2 aromatic carbocycles. The second-order valence-corrected chi connectivity index (χ2v) is 4.16. The first-order chi connectivity index (χ1) is 9.31. The Kier molecular flexibility index (Phi) is 3.02. The van der Waals surface area contributed by atoms with Gasteiger partial charge in [0, 0.05) is 5.39 Å². The van der Waals surface area contributed by atoms with Gasteiger partial charge in [-0.2, -0.15) is 0 Å². The normalized spacial score (nSPS) is 11.2. The van der Waals surface area contributed by atoms with Gasteiger partial charge in [-0.05, 0) is 36.4 Å². The second kappa shape index (κ2) is 4.98. The van der Waals surface area contributed by atoms with Crippen LogP contribution in [0.4, 0.5) is 10.1 Å². The molecule has 1 aromatic heterocycles. The molecule has 0 saturated heterocycles. The minimum Gasteiger partial charge on any atom is -0.255 e. The number of hydrogen-bond acceptors (Lipinski definition) is 2. The number of pyridine rings is 1. The van der Waals surface area contributed by atoms with Gasteiger partial charge in [-0.3, -0.25) is 4.99 Å². The minimum atomic E-state index is -0.261. The van der Waals surface area contributed by atoms with Gasteiger partial charge >= 0.3 is 0 Å². The second-order valence-electron chi connectivity index (χ2n) is 4.16. The number of nitrogens with zero attached hydrogens (tertiary/aromatic N) is 2. The van der Waals surface area contributed by atoms with Crippen LogP contribution in [0, 0.1) is 5.82 Å². The Hall–Kier alpha value is -2.55. The lowest BCUT2D eigenvalue weighted by Gasteiger charge is -1.98. The van der Waals surface area contributed by atoms with E-state index < -0.39 is 0 Å². The van der Waals surface area contributed by atoms with Crippen molar-refractivity contribution in [2.45, 2.75) is 0 Å². The third kappa shape index (κ3) is 2.65. The Morgan fingerprint density at radius 1 is 0.895 bits per heavy atom. The number of aromatic nitrogens is 1. The van der Waals surface area contributed by atoms with Crippen LogP contribution in [0.3, 0.4) is 0 Å². The van der Waals surface area contributed by atoms with Gasteiger partial charge in [0.25, 0.3) is 0 Å². The number of hydrogen-bond donors (Lipinski definition) is 0. The highest BCUT2D eigenvalue weighted by atomic mass is 19.1. The smallest absolute Gasteiger partial charge is 0.123 e. The van der Waals surface area contributed by atoms with Crippen LogP contribution in [-0.2, 0) is 0 Å². The molecule has 3 rings (SSSR count). The number of aliphatic imine (C=N–C) groups is 1. The molecular formula is C16H11FN2. The molecule has 0 atom stereocenters. The maximum atomic E-state index is 12.8. The molecule has 2 nitrogen and oxygen atoms in total. The monoisotopic (exact) mass is 250 g/mol. The molecule has 0 amide bonds. The lowest BCUT2D eigenvalue weighted by molar-refractivity contribution is 0.628. The zero-order valence-electron chi connectivity index (χ0n) is 10.1. The van der Waals surface area contributed by atoms with E-state index in [1.54, 1.807) is 18.3 Å². The molecule has 0 N–H and O–H groups in total. The number of benzene rings is 2. The molecule has 0 bridgehead atoms. The van der Waals surface area contributed by atoms with E-state index in [4.69, 9.17) is 0 Å². The van der Waals surface area contributed by atoms with E-state index in [1.807, 2.05) is 36.4 Å². The Bertz CT molecular complexity index is 733. The van der Waals surface area contributed by atoms with Crippen molar-refractivity contribution in [1.82, 2.24) is 4.98 Å². The van der Waals surface area contributed by atoms with Crippen molar-refractivity contribution in [3.63, 3.8) is 0 Å². The molecule has 0 radical (unpaired) electrons. The molecule has 3 heteroatoms. The van der Waals surface area contributed by atoms with Crippen LogP contribution in [0.1, 0.15) is 5.69 Å². The molecule has 19 heavy (non-hydrogen) atoms. The molecule has 0 aliphatic rings. The standard InChI is InChI=1S/C16H11FN2/c17-13-6-9-14(10-7-13)18-11-15-8-5-12-3-1-2-4-16(12)19-15/h1-11H. The van der Waals surface area contributed by atoms with Crippen molar-refractivity contribution in [2.75, 3.05) is 0 Å². The Morgan fingerprint density at radius 2 is 1.68 bits per heavy atom. The van der Waals surface area contributed by atoms with Gasteiger partial charge in [-0.1, -0.05) is 24.3 Å². The lowest BCUT2D eigenvalue weighted by atomic mass is 10.2.